The molecule has 0 aliphatic rings. The monoisotopic (exact) mass is 325 g/mol. The van der Waals surface area contributed by atoms with E-state index in [4.69, 9.17) is 11.6 Å². The second kappa shape index (κ2) is 9.78. The van der Waals surface area contributed by atoms with Gasteiger partial charge in [0.1, 0.15) is 0 Å². The number of carbonyl (C=O) groups excluding carboxylic acids is 3. The molecular formula is C15H20ClN3O3. The number of carbonyl (C=O) groups is 3. The largest absolute Gasteiger partial charge is 0.355 e. The Bertz CT molecular complexity index is 517. The summed E-state index contributed by atoms with van der Waals surface area (Å²) in [7, 11) is 0. The fourth-order valence-electron chi connectivity index (χ4n) is 1.59. The Morgan fingerprint density at radius 3 is 2.27 bits per heavy atom. The number of hydrogen-bond donors (Lipinski definition) is 3. The smallest absolute Gasteiger partial charge is 0.251 e. The fourth-order valence-corrected chi connectivity index (χ4v) is 1.71. The molecule has 0 saturated heterocycles. The third kappa shape index (κ3) is 7.08. The summed E-state index contributed by atoms with van der Waals surface area (Å²) in [6.45, 7) is 2.68. The van der Waals surface area contributed by atoms with Crippen LogP contribution in [0.3, 0.4) is 0 Å². The minimum absolute atomic E-state index is 0.0516. The predicted molar refractivity (Wildman–Crippen MR) is 84.7 cm³/mol. The molecule has 0 atom stereocenters. The van der Waals surface area contributed by atoms with Crippen LogP contribution in [0.25, 0.3) is 0 Å². The number of amides is 3. The Labute approximate surface area is 134 Å². The first-order chi connectivity index (χ1) is 10.5. The first-order valence-electron chi connectivity index (χ1n) is 7.10. The van der Waals surface area contributed by atoms with Crippen molar-refractivity contribution >= 4 is 29.3 Å². The topological polar surface area (TPSA) is 87.3 Å². The molecule has 0 aliphatic heterocycles. The van der Waals surface area contributed by atoms with Gasteiger partial charge in [0, 0.05) is 30.1 Å². The lowest BCUT2D eigenvalue weighted by atomic mass is 10.2. The third-order valence-corrected chi connectivity index (χ3v) is 3.01. The minimum atomic E-state index is -0.289. The van der Waals surface area contributed by atoms with E-state index in [-0.39, 0.29) is 37.2 Å². The molecule has 0 unspecified atom stereocenters. The number of rotatable bonds is 8. The normalized spacial score (nSPS) is 9.91. The van der Waals surface area contributed by atoms with Crippen LogP contribution in [0.1, 0.15) is 30.1 Å². The van der Waals surface area contributed by atoms with Crippen LogP contribution < -0.4 is 16.0 Å². The fraction of sp³-hybridized carbons (Fsp3) is 0.400. The zero-order valence-corrected chi connectivity index (χ0v) is 13.2. The van der Waals surface area contributed by atoms with Crippen molar-refractivity contribution in [3.05, 3.63) is 34.9 Å². The van der Waals surface area contributed by atoms with E-state index in [1.54, 1.807) is 24.3 Å². The van der Waals surface area contributed by atoms with Gasteiger partial charge in [-0.2, -0.15) is 0 Å². The van der Waals surface area contributed by atoms with E-state index in [0.717, 1.165) is 6.42 Å². The lowest BCUT2D eigenvalue weighted by molar-refractivity contribution is -0.126. The van der Waals surface area contributed by atoms with E-state index in [9.17, 15) is 14.4 Å². The molecule has 0 bridgehead atoms. The maximum atomic E-state index is 11.8. The van der Waals surface area contributed by atoms with Gasteiger partial charge in [-0.05, 0) is 30.7 Å². The number of nitrogens with one attached hydrogen (secondary N) is 3. The van der Waals surface area contributed by atoms with Crippen molar-refractivity contribution in [2.45, 2.75) is 19.8 Å². The van der Waals surface area contributed by atoms with Gasteiger partial charge in [-0.25, -0.2) is 0 Å². The van der Waals surface area contributed by atoms with Gasteiger partial charge in [-0.15, -0.1) is 0 Å². The maximum Gasteiger partial charge on any atom is 0.251 e. The summed E-state index contributed by atoms with van der Waals surface area (Å²) in [5, 5.41) is 8.33. The molecule has 0 radical (unpaired) electrons. The van der Waals surface area contributed by atoms with Crippen molar-refractivity contribution in [1.29, 1.82) is 0 Å². The molecule has 1 aromatic rings. The van der Waals surface area contributed by atoms with Gasteiger partial charge in [0.05, 0.1) is 6.54 Å². The van der Waals surface area contributed by atoms with Crippen molar-refractivity contribution in [2.24, 2.45) is 0 Å². The quantitative estimate of drug-likeness (QED) is 0.669. The highest BCUT2D eigenvalue weighted by atomic mass is 35.5. The molecule has 0 fully saturated rings. The second-order valence-corrected chi connectivity index (χ2v) is 5.08. The first-order valence-corrected chi connectivity index (χ1v) is 7.48. The van der Waals surface area contributed by atoms with Crippen LogP contribution in [-0.4, -0.2) is 37.4 Å². The van der Waals surface area contributed by atoms with Crippen molar-refractivity contribution in [2.75, 3.05) is 19.6 Å². The molecule has 7 heteroatoms. The van der Waals surface area contributed by atoms with Gasteiger partial charge in [0.25, 0.3) is 5.91 Å². The molecule has 1 aromatic carbocycles. The average molecular weight is 326 g/mol. The number of halogens is 1. The Hall–Kier alpha value is -2.08. The first kappa shape index (κ1) is 18.0. The van der Waals surface area contributed by atoms with E-state index in [0.29, 0.717) is 17.1 Å². The van der Waals surface area contributed by atoms with Crippen LogP contribution in [0.2, 0.25) is 5.02 Å². The average Bonchev–Trinajstić information content (AvgIpc) is 2.51. The van der Waals surface area contributed by atoms with Crippen molar-refractivity contribution in [3.63, 3.8) is 0 Å². The Morgan fingerprint density at radius 2 is 1.64 bits per heavy atom. The van der Waals surface area contributed by atoms with Crippen LogP contribution in [0, 0.1) is 0 Å². The lowest BCUT2D eigenvalue weighted by Gasteiger charge is -2.07. The van der Waals surface area contributed by atoms with Crippen LogP contribution in [0.5, 0.6) is 0 Å². The van der Waals surface area contributed by atoms with E-state index in [1.165, 1.54) is 0 Å². The van der Waals surface area contributed by atoms with Gasteiger partial charge < -0.3 is 16.0 Å². The SMILES string of the molecule is CCCNC(=O)CNC(=O)CCNC(=O)c1ccc(Cl)cc1. The molecule has 0 aliphatic carbocycles. The molecule has 0 aromatic heterocycles. The summed E-state index contributed by atoms with van der Waals surface area (Å²) < 4.78 is 0. The molecule has 3 amide bonds. The van der Waals surface area contributed by atoms with Crippen LogP contribution in [0.4, 0.5) is 0 Å². The Morgan fingerprint density at radius 1 is 0.955 bits per heavy atom. The molecule has 120 valence electrons. The summed E-state index contributed by atoms with van der Waals surface area (Å²) in [6, 6.07) is 6.46. The van der Waals surface area contributed by atoms with E-state index >= 15 is 0 Å². The van der Waals surface area contributed by atoms with E-state index in [2.05, 4.69) is 16.0 Å². The molecule has 1 rings (SSSR count). The minimum Gasteiger partial charge on any atom is -0.355 e. The zero-order chi connectivity index (χ0) is 16.4. The van der Waals surface area contributed by atoms with Gasteiger partial charge in [0.2, 0.25) is 11.8 Å². The number of benzene rings is 1. The molecule has 6 nitrogen and oxygen atoms in total. The highest BCUT2D eigenvalue weighted by molar-refractivity contribution is 6.30. The third-order valence-electron chi connectivity index (χ3n) is 2.76. The molecule has 3 N–H and O–H groups in total. The number of hydrogen-bond acceptors (Lipinski definition) is 3. The summed E-state index contributed by atoms with van der Waals surface area (Å²) >= 11 is 5.74. The molecule has 0 saturated carbocycles. The van der Waals surface area contributed by atoms with Gasteiger partial charge in [-0.1, -0.05) is 18.5 Å². The maximum absolute atomic E-state index is 11.8. The van der Waals surface area contributed by atoms with E-state index in [1.807, 2.05) is 6.92 Å². The van der Waals surface area contributed by atoms with E-state index < -0.39 is 0 Å². The molecule has 22 heavy (non-hydrogen) atoms. The van der Waals surface area contributed by atoms with Crippen molar-refractivity contribution in [1.82, 2.24) is 16.0 Å². The van der Waals surface area contributed by atoms with Gasteiger partial charge >= 0.3 is 0 Å². The summed E-state index contributed by atoms with van der Waals surface area (Å²) in [4.78, 5) is 34.6. The van der Waals surface area contributed by atoms with Crippen molar-refractivity contribution < 1.29 is 14.4 Å². The van der Waals surface area contributed by atoms with Crippen molar-refractivity contribution in [3.8, 4) is 0 Å². The molecule has 0 spiro atoms. The van der Waals surface area contributed by atoms with Gasteiger partial charge in [0.15, 0.2) is 0 Å². The lowest BCUT2D eigenvalue weighted by Crippen LogP contribution is -2.38. The molecular weight excluding hydrogens is 306 g/mol. The van der Waals surface area contributed by atoms with Gasteiger partial charge in [-0.3, -0.25) is 14.4 Å². The summed E-state index contributed by atoms with van der Waals surface area (Å²) in [5.41, 5.74) is 0.476. The summed E-state index contributed by atoms with van der Waals surface area (Å²) in [5.74, 6) is -0.784. The second-order valence-electron chi connectivity index (χ2n) is 4.64. The van der Waals surface area contributed by atoms with Crippen LogP contribution in [0.15, 0.2) is 24.3 Å². The highest BCUT2D eigenvalue weighted by Gasteiger charge is 2.07. The van der Waals surface area contributed by atoms with Crippen LogP contribution in [-0.2, 0) is 9.59 Å². The standard InChI is InChI=1S/C15H20ClN3O3/c1-2-8-17-14(21)10-19-13(20)7-9-18-15(22)11-3-5-12(16)6-4-11/h3-6H,2,7-10H2,1H3,(H,17,21)(H,18,22)(H,19,20). The highest BCUT2D eigenvalue weighted by Crippen LogP contribution is 2.09. The predicted octanol–water partition coefficient (Wildman–Crippen LogP) is 1.10. The Balaban J connectivity index is 2.20. The zero-order valence-electron chi connectivity index (χ0n) is 12.4. The summed E-state index contributed by atoms with van der Waals surface area (Å²) in [6.07, 6.45) is 0.955. The van der Waals surface area contributed by atoms with Crippen LogP contribution >= 0.6 is 11.6 Å². The Kier molecular flexibility index (Phi) is 7.99. The molecule has 0 heterocycles.